The van der Waals surface area contributed by atoms with Gasteiger partial charge in [-0.05, 0) is 45.2 Å². The summed E-state index contributed by atoms with van der Waals surface area (Å²) in [5.41, 5.74) is 3.24. The quantitative estimate of drug-likeness (QED) is 0.861. The summed E-state index contributed by atoms with van der Waals surface area (Å²) in [5.74, 6) is -1.24. The van der Waals surface area contributed by atoms with Crippen molar-refractivity contribution >= 4 is 0 Å². The number of aryl methyl sites for hydroxylation is 2. The number of benzene rings is 1. The Labute approximate surface area is 116 Å². The van der Waals surface area contributed by atoms with Crippen LogP contribution in [0.1, 0.15) is 44.4 Å². The predicted octanol–water partition coefficient (Wildman–Crippen LogP) is 2.49. The fourth-order valence-electron chi connectivity index (χ4n) is 2.75. The zero-order valence-electron chi connectivity index (χ0n) is 12.6. The summed E-state index contributed by atoms with van der Waals surface area (Å²) >= 11 is 0. The highest BCUT2D eigenvalue weighted by atomic mass is 16.6. The van der Waals surface area contributed by atoms with E-state index in [2.05, 4.69) is 45.1 Å². The van der Waals surface area contributed by atoms with E-state index in [9.17, 15) is 5.11 Å². The van der Waals surface area contributed by atoms with E-state index in [0.29, 0.717) is 6.61 Å². The zero-order valence-corrected chi connectivity index (χ0v) is 12.6. The molecular weight excluding hydrogens is 238 g/mol. The third kappa shape index (κ3) is 2.69. The maximum atomic E-state index is 10.9. The van der Waals surface area contributed by atoms with Crippen LogP contribution in [0, 0.1) is 6.92 Å². The highest BCUT2D eigenvalue weighted by Gasteiger charge is 2.44. The van der Waals surface area contributed by atoms with Crippen molar-refractivity contribution in [2.45, 2.75) is 58.4 Å². The molecule has 0 aromatic heterocycles. The lowest BCUT2D eigenvalue weighted by Gasteiger charge is -2.46. The van der Waals surface area contributed by atoms with Crippen molar-refractivity contribution < 1.29 is 9.84 Å². The smallest absolute Gasteiger partial charge is 0.208 e. The van der Waals surface area contributed by atoms with Crippen molar-refractivity contribution in [1.29, 1.82) is 0 Å². The first kappa shape index (κ1) is 14.5. The Hall–Kier alpha value is -0.900. The van der Waals surface area contributed by atoms with Gasteiger partial charge in [-0.1, -0.05) is 25.1 Å². The van der Waals surface area contributed by atoms with Crippen LogP contribution in [0.5, 0.6) is 0 Å². The van der Waals surface area contributed by atoms with Gasteiger partial charge < -0.3 is 15.2 Å². The van der Waals surface area contributed by atoms with Gasteiger partial charge in [-0.15, -0.1) is 0 Å². The van der Waals surface area contributed by atoms with Crippen LogP contribution < -0.4 is 5.32 Å². The molecule has 2 N–H and O–H groups in total. The van der Waals surface area contributed by atoms with Crippen LogP contribution in [0.15, 0.2) is 18.2 Å². The predicted molar refractivity (Wildman–Crippen MR) is 77.1 cm³/mol. The second-order valence-corrected chi connectivity index (χ2v) is 6.23. The SMILES string of the molecule is CCc1cc(C2(O)OCC(C)(C)NC2C)ccc1C. The molecule has 1 aromatic rings. The minimum atomic E-state index is -1.24. The first-order valence-corrected chi connectivity index (χ1v) is 7.02. The molecule has 2 unspecified atom stereocenters. The number of ether oxygens (including phenoxy) is 1. The lowest BCUT2D eigenvalue weighted by Crippen LogP contribution is -2.63. The molecule has 1 aliphatic rings. The van der Waals surface area contributed by atoms with Crippen molar-refractivity contribution in [1.82, 2.24) is 5.32 Å². The molecule has 0 amide bonds. The summed E-state index contributed by atoms with van der Waals surface area (Å²) in [7, 11) is 0. The number of hydrogen-bond acceptors (Lipinski definition) is 3. The van der Waals surface area contributed by atoms with Gasteiger partial charge in [-0.25, -0.2) is 0 Å². The number of morpholine rings is 1. The van der Waals surface area contributed by atoms with Gasteiger partial charge in [-0.3, -0.25) is 0 Å². The largest absolute Gasteiger partial charge is 0.361 e. The van der Waals surface area contributed by atoms with E-state index in [0.717, 1.165) is 12.0 Å². The minimum absolute atomic E-state index is 0.107. The highest BCUT2D eigenvalue weighted by molar-refractivity contribution is 5.34. The molecule has 106 valence electrons. The molecule has 1 aliphatic heterocycles. The Kier molecular flexibility index (Phi) is 3.74. The number of aliphatic hydroxyl groups is 1. The van der Waals surface area contributed by atoms with Gasteiger partial charge in [0.1, 0.15) is 0 Å². The van der Waals surface area contributed by atoms with Crippen LogP contribution in [-0.4, -0.2) is 23.3 Å². The fourth-order valence-corrected chi connectivity index (χ4v) is 2.75. The van der Waals surface area contributed by atoms with Crippen molar-refractivity contribution in [2.75, 3.05) is 6.61 Å². The minimum Gasteiger partial charge on any atom is -0.361 e. The molecule has 0 radical (unpaired) electrons. The Morgan fingerprint density at radius 3 is 2.68 bits per heavy atom. The van der Waals surface area contributed by atoms with Crippen molar-refractivity contribution in [2.24, 2.45) is 0 Å². The van der Waals surface area contributed by atoms with Crippen LogP contribution >= 0.6 is 0 Å². The monoisotopic (exact) mass is 263 g/mol. The van der Waals surface area contributed by atoms with Crippen LogP contribution in [0.2, 0.25) is 0 Å². The molecule has 2 rings (SSSR count). The van der Waals surface area contributed by atoms with Crippen LogP contribution in [0.25, 0.3) is 0 Å². The molecule has 3 nitrogen and oxygen atoms in total. The highest BCUT2D eigenvalue weighted by Crippen LogP contribution is 2.33. The van der Waals surface area contributed by atoms with E-state index in [1.54, 1.807) is 0 Å². The fraction of sp³-hybridized carbons (Fsp3) is 0.625. The Morgan fingerprint density at radius 1 is 1.42 bits per heavy atom. The van der Waals surface area contributed by atoms with Crippen molar-refractivity contribution in [3.8, 4) is 0 Å². The first-order chi connectivity index (χ1) is 8.78. The van der Waals surface area contributed by atoms with E-state index < -0.39 is 5.79 Å². The molecule has 2 atom stereocenters. The van der Waals surface area contributed by atoms with E-state index in [4.69, 9.17) is 4.74 Å². The molecule has 19 heavy (non-hydrogen) atoms. The second kappa shape index (κ2) is 4.89. The van der Waals surface area contributed by atoms with Gasteiger partial charge in [0.2, 0.25) is 5.79 Å². The summed E-state index contributed by atoms with van der Waals surface area (Å²) in [6.07, 6.45) is 0.961. The molecule has 3 heteroatoms. The summed E-state index contributed by atoms with van der Waals surface area (Å²) in [6, 6.07) is 5.93. The summed E-state index contributed by atoms with van der Waals surface area (Å²) < 4.78 is 5.81. The maximum Gasteiger partial charge on any atom is 0.208 e. The van der Waals surface area contributed by atoms with Crippen LogP contribution in [0.3, 0.4) is 0 Å². The van der Waals surface area contributed by atoms with Gasteiger partial charge in [0.15, 0.2) is 0 Å². The average Bonchev–Trinajstić information content (AvgIpc) is 2.34. The van der Waals surface area contributed by atoms with Gasteiger partial charge in [0.05, 0.1) is 12.6 Å². The van der Waals surface area contributed by atoms with Gasteiger partial charge >= 0.3 is 0 Å². The summed E-state index contributed by atoms with van der Waals surface area (Å²) in [6.45, 7) is 10.8. The number of nitrogens with one attached hydrogen (secondary N) is 1. The van der Waals surface area contributed by atoms with Gasteiger partial charge in [0, 0.05) is 11.1 Å². The standard InChI is InChI=1S/C16H25NO2/c1-6-13-9-14(8-7-11(13)2)16(18)12(3)17-15(4,5)10-19-16/h7-9,12,17-18H,6,10H2,1-5H3. The van der Waals surface area contributed by atoms with Crippen molar-refractivity contribution in [3.05, 3.63) is 34.9 Å². The topological polar surface area (TPSA) is 41.5 Å². The Morgan fingerprint density at radius 2 is 2.11 bits per heavy atom. The number of hydrogen-bond donors (Lipinski definition) is 2. The zero-order chi connectivity index (χ0) is 14.3. The lowest BCUT2D eigenvalue weighted by molar-refractivity contribution is -0.263. The van der Waals surface area contributed by atoms with Crippen LogP contribution in [-0.2, 0) is 16.9 Å². The molecule has 1 fully saturated rings. The molecule has 1 saturated heterocycles. The van der Waals surface area contributed by atoms with Crippen LogP contribution in [0.4, 0.5) is 0 Å². The first-order valence-electron chi connectivity index (χ1n) is 7.02. The number of rotatable bonds is 2. The summed E-state index contributed by atoms with van der Waals surface area (Å²) in [4.78, 5) is 0. The van der Waals surface area contributed by atoms with E-state index in [-0.39, 0.29) is 11.6 Å². The molecule has 0 bridgehead atoms. The molecule has 1 heterocycles. The average molecular weight is 263 g/mol. The third-order valence-electron chi connectivity index (χ3n) is 3.99. The Bertz CT molecular complexity index is 470. The molecule has 0 saturated carbocycles. The van der Waals surface area contributed by atoms with Crippen molar-refractivity contribution in [3.63, 3.8) is 0 Å². The van der Waals surface area contributed by atoms with Gasteiger partial charge in [-0.2, -0.15) is 0 Å². The second-order valence-electron chi connectivity index (χ2n) is 6.23. The molecular formula is C16H25NO2. The Balaban J connectivity index is 2.35. The maximum absolute atomic E-state index is 10.9. The van der Waals surface area contributed by atoms with E-state index in [1.165, 1.54) is 11.1 Å². The van der Waals surface area contributed by atoms with E-state index >= 15 is 0 Å². The molecule has 0 aliphatic carbocycles. The lowest BCUT2D eigenvalue weighted by atomic mass is 9.90. The van der Waals surface area contributed by atoms with Gasteiger partial charge in [0.25, 0.3) is 0 Å². The molecule has 1 aromatic carbocycles. The molecule has 0 spiro atoms. The summed E-state index contributed by atoms with van der Waals surface area (Å²) in [5, 5.41) is 14.3. The third-order valence-corrected chi connectivity index (χ3v) is 3.99. The van der Waals surface area contributed by atoms with E-state index in [1.807, 2.05) is 13.0 Å². The normalized spacial score (nSPS) is 30.3.